The largest absolute Gasteiger partial charge is 0.366 e. The number of H-pyrrole nitrogens is 1. The van der Waals surface area contributed by atoms with Crippen LogP contribution in [0.1, 0.15) is 26.3 Å². The van der Waals surface area contributed by atoms with Gasteiger partial charge in [0, 0.05) is 60.3 Å². The summed E-state index contributed by atoms with van der Waals surface area (Å²) < 4.78 is 0. The first-order valence-electron chi connectivity index (χ1n) is 13.3. The molecule has 1 aliphatic rings. The monoisotopic (exact) mass is 541 g/mol. The molecule has 6 N–H and O–H groups in total. The van der Waals surface area contributed by atoms with Crippen molar-refractivity contribution in [2.75, 3.05) is 59.2 Å². The van der Waals surface area contributed by atoms with E-state index in [4.69, 9.17) is 11.5 Å². The molecule has 10 heteroatoms. The summed E-state index contributed by atoms with van der Waals surface area (Å²) in [5.41, 5.74) is 17.3. The number of fused-ring (bicyclic) bond motifs is 3. The molecule has 4 aromatic rings. The second kappa shape index (κ2) is 11.1. The molecule has 1 aromatic heterocycles. The Morgan fingerprint density at radius 1 is 1.00 bits per heavy atom. The molecule has 1 fully saturated rings. The van der Waals surface area contributed by atoms with Crippen LogP contribution in [0.2, 0.25) is 0 Å². The lowest BCUT2D eigenvalue weighted by molar-refractivity contribution is -0.116. The van der Waals surface area contributed by atoms with Gasteiger partial charge in [0.1, 0.15) is 0 Å². The number of rotatable bonds is 7. The first-order valence-corrected chi connectivity index (χ1v) is 13.3. The number of aromatic amines is 1. The zero-order chi connectivity index (χ0) is 28.6. The number of hydrogen-bond acceptors (Lipinski definition) is 6. The number of piperazine rings is 1. The van der Waals surface area contributed by atoms with Crippen molar-refractivity contribution < 1.29 is 14.4 Å². The van der Waals surface area contributed by atoms with Crippen LogP contribution in [0.5, 0.6) is 0 Å². The van der Waals surface area contributed by atoms with Crippen molar-refractivity contribution in [2.24, 2.45) is 11.5 Å². The highest BCUT2D eigenvalue weighted by Crippen LogP contribution is 2.39. The molecule has 3 aromatic carbocycles. The molecular formula is C30H35N7O3. The topological polar surface area (TPSA) is 141 Å². The van der Waals surface area contributed by atoms with Gasteiger partial charge in [-0.15, -0.1) is 0 Å². The van der Waals surface area contributed by atoms with Gasteiger partial charge in [-0.25, -0.2) is 0 Å². The van der Waals surface area contributed by atoms with Crippen molar-refractivity contribution in [2.45, 2.75) is 6.54 Å². The number of amides is 3. The van der Waals surface area contributed by atoms with E-state index in [0.717, 1.165) is 46.1 Å². The highest BCUT2D eigenvalue weighted by Gasteiger charge is 2.23. The fraction of sp³-hybridized carbons (Fsp3) is 0.300. The van der Waals surface area contributed by atoms with E-state index in [2.05, 4.69) is 22.2 Å². The Morgan fingerprint density at radius 2 is 1.75 bits per heavy atom. The minimum absolute atomic E-state index is 0.0180. The first-order chi connectivity index (χ1) is 19.2. The van der Waals surface area contributed by atoms with E-state index in [1.165, 1.54) is 0 Å². The number of aromatic nitrogens is 1. The van der Waals surface area contributed by atoms with E-state index >= 15 is 0 Å². The third kappa shape index (κ3) is 5.16. The normalized spacial score (nSPS) is 14.3. The maximum absolute atomic E-state index is 13.3. The Balaban J connectivity index is 1.64. The molecule has 40 heavy (non-hydrogen) atoms. The minimum Gasteiger partial charge on any atom is -0.366 e. The molecule has 0 unspecified atom stereocenters. The predicted octanol–water partition coefficient (Wildman–Crippen LogP) is 2.43. The highest BCUT2D eigenvalue weighted by molar-refractivity contribution is 6.20. The number of carbonyl (C=O) groups excluding carboxylic acids is 3. The molecule has 3 amide bonds. The van der Waals surface area contributed by atoms with Crippen molar-refractivity contribution in [1.29, 1.82) is 0 Å². The average molecular weight is 542 g/mol. The zero-order valence-electron chi connectivity index (χ0n) is 23.1. The van der Waals surface area contributed by atoms with Gasteiger partial charge in [0.05, 0.1) is 17.6 Å². The van der Waals surface area contributed by atoms with E-state index in [0.29, 0.717) is 35.4 Å². The van der Waals surface area contributed by atoms with Crippen LogP contribution in [0.15, 0.2) is 48.5 Å². The number of anilines is 1. The molecule has 0 spiro atoms. The summed E-state index contributed by atoms with van der Waals surface area (Å²) in [6, 6.07) is 14.8. The molecule has 0 atom stereocenters. The van der Waals surface area contributed by atoms with Crippen molar-refractivity contribution in [3.8, 4) is 11.1 Å². The van der Waals surface area contributed by atoms with Gasteiger partial charge in [0.15, 0.2) is 0 Å². The lowest BCUT2D eigenvalue weighted by Gasteiger charge is -2.32. The van der Waals surface area contributed by atoms with Gasteiger partial charge in [0.2, 0.25) is 5.91 Å². The van der Waals surface area contributed by atoms with Gasteiger partial charge >= 0.3 is 0 Å². The fourth-order valence-corrected chi connectivity index (χ4v) is 5.42. The highest BCUT2D eigenvalue weighted by atomic mass is 16.2. The van der Waals surface area contributed by atoms with Crippen molar-refractivity contribution in [3.05, 3.63) is 65.2 Å². The third-order valence-corrected chi connectivity index (χ3v) is 7.46. The molecule has 0 aliphatic carbocycles. The first kappa shape index (κ1) is 27.3. The second-order valence-corrected chi connectivity index (χ2v) is 10.6. The lowest BCUT2D eigenvalue weighted by atomic mass is 9.92. The number of benzene rings is 3. The number of carbonyl (C=O) groups is 3. The molecule has 2 heterocycles. The van der Waals surface area contributed by atoms with Gasteiger partial charge in [0.25, 0.3) is 11.8 Å². The Bertz CT molecular complexity index is 1620. The van der Waals surface area contributed by atoms with Crippen molar-refractivity contribution >= 4 is 45.2 Å². The Kier molecular flexibility index (Phi) is 7.57. The number of hydrogen-bond donors (Lipinski definition) is 4. The molecule has 10 nitrogen and oxygen atoms in total. The van der Waals surface area contributed by atoms with E-state index in [1.807, 2.05) is 61.5 Å². The minimum atomic E-state index is -0.555. The fourth-order valence-electron chi connectivity index (χ4n) is 5.42. The Hall–Kier alpha value is -4.25. The molecule has 0 radical (unpaired) electrons. The molecular weight excluding hydrogens is 506 g/mol. The predicted molar refractivity (Wildman–Crippen MR) is 158 cm³/mol. The van der Waals surface area contributed by atoms with Crippen LogP contribution in [-0.4, -0.2) is 91.3 Å². The molecule has 0 bridgehead atoms. The maximum atomic E-state index is 13.3. The van der Waals surface area contributed by atoms with Gasteiger partial charge in [-0.2, -0.15) is 0 Å². The molecule has 208 valence electrons. The maximum Gasteiger partial charge on any atom is 0.254 e. The summed E-state index contributed by atoms with van der Waals surface area (Å²) in [5.74, 6) is -0.716. The number of primary amides is 1. The standard InChI is InChI=1S/C30H35N7O3/c1-35(2)17-26(38)33-24-6-4-5-19(23(24)16-31)20-9-10-22(29(32)39)28-27(20)21-8-7-18(15-25(21)34-28)30(40)37-13-11-36(3)12-14-37/h4-10,15,34H,11-14,16-17,31H2,1-3H3,(H2,32,39)(H,33,38). The van der Waals surface area contributed by atoms with E-state index < -0.39 is 5.91 Å². The smallest absolute Gasteiger partial charge is 0.254 e. The summed E-state index contributed by atoms with van der Waals surface area (Å²) in [6.45, 7) is 3.47. The summed E-state index contributed by atoms with van der Waals surface area (Å²) >= 11 is 0. The van der Waals surface area contributed by atoms with Crippen LogP contribution in [0.25, 0.3) is 32.9 Å². The van der Waals surface area contributed by atoms with Gasteiger partial charge in [-0.05, 0) is 62.1 Å². The number of likely N-dealkylation sites (N-methyl/N-ethyl adjacent to an activating group) is 2. The van der Waals surface area contributed by atoms with E-state index in [-0.39, 0.29) is 24.9 Å². The average Bonchev–Trinajstić information content (AvgIpc) is 3.30. The van der Waals surface area contributed by atoms with Crippen molar-refractivity contribution in [1.82, 2.24) is 19.7 Å². The summed E-state index contributed by atoms with van der Waals surface area (Å²) in [4.78, 5) is 47.4. The summed E-state index contributed by atoms with van der Waals surface area (Å²) in [7, 11) is 5.71. The van der Waals surface area contributed by atoms with Crippen LogP contribution >= 0.6 is 0 Å². The quantitative estimate of drug-likeness (QED) is 0.283. The number of nitrogens with zero attached hydrogens (tertiary/aromatic N) is 3. The van der Waals surface area contributed by atoms with Gasteiger partial charge in [-0.1, -0.05) is 24.3 Å². The Labute approximate surface area is 232 Å². The third-order valence-electron chi connectivity index (χ3n) is 7.46. The number of nitrogens with one attached hydrogen (secondary N) is 2. The van der Waals surface area contributed by atoms with Gasteiger partial charge < -0.3 is 36.5 Å². The molecule has 1 saturated heterocycles. The van der Waals surface area contributed by atoms with Crippen LogP contribution in [0.4, 0.5) is 5.69 Å². The number of nitrogens with two attached hydrogens (primary N) is 2. The van der Waals surface area contributed by atoms with Gasteiger partial charge in [-0.3, -0.25) is 14.4 Å². The van der Waals surface area contributed by atoms with E-state index in [1.54, 1.807) is 11.0 Å². The summed E-state index contributed by atoms with van der Waals surface area (Å²) in [5, 5.41) is 4.63. The lowest BCUT2D eigenvalue weighted by Crippen LogP contribution is -2.47. The molecule has 5 rings (SSSR count). The second-order valence-electron chi connectivity index (χ2n) is 10.6. The molecule has 1 aliphatic heterocycles. The van der Waals surface area contributed by atoms with Crippen LogP contribution in [-0.2, 0) is 11.3 Å². The van der Waals surface area contributed by atoms with Crippen LogP contribution in [0.3, 0.4) is 0 Å². The van der Waals surface area contributed by atoms with Crippen LogP contribution < -0.4 is 16.8 Å². The van der Waals surface area contributed by atoms with Crippen LogP contribution in [0, 0.1) is 0 Å². The zero-order valence-corrected chi connectivity index (χ0v) is 23.1. The van der Waals surface area contributed by atoms with E-state index in [9.17, 15) is 14.4 Å². The molecule has 0 saturated carbocycles. The SMILES string of the molecule is CN(C)CC(=O)Nc1cccc(-c2ccc(C(N)=O)c3[nH]c4cc(C(=O)N5CCN(C)CC5)ccc4c23)c1CN. The Morgan fingerprint density at radius 3 is 2.42 bits per heavy atom. The summed E-state index contributed by atoms with van der Waals surface area (Å²) in [6.07, 6.45) is 0. The van der Waals surface area contributed by atoms with Crippen molar-refractivity contribution in [3.63, 3.8) is 0 Å².